The summed E-state index contributed by atoms with van der Waals surface area (Å²) in [6.07, 6.45) is 1.27. The van der Waals surface area contributed by atoms with Gasteiger partial charge >= 0.3 is 6.09 Å². The number of fused-ring (bicyclic) bond motifs is 1. The van der Waals surface area contributed by atoms with E-state index in [0.717, 1.165) is 0 Å². The third-order valence-corrected chi connectivity index (χ3v) is 8.94. The number of cyclic esters (lactones) is 1. The number of ketones is 1. The molecule has 1 amide bonds. The summed E-state index contributed by atoms with van der Waals surface area (Å²) in [6, 6.07) is 11.9. The van der Waals surface area contributed by atoms with E-state index in [-0.39, 0.29) is 50.9 Å². The van der Waals surface area contributed by atoms with Gasteiger partial charge in [-0.2, -0.15) is 0 Å². The lowest BCUT2D eigenvalue weighted by Crippen LogP contribution is -2.51. The molecule has 1 aromatic heterocycles. The molecule has 0 aliphatic carbocycles. The molecule has 3 heterocycles. The fraction of sp³-hybridized carbons (Fsp3) is 0.240. The Kier molecular flexibility index (Phi) is 7.06. The molecule has 2 aliphatic rings. The van der Waals surface area contributed by atoms with Crippen LogP contribution in [0.25, 0.3) is 0 Å². The Balaban J connectivity index is 1.54. The van der Waals surface area contributed by atoms with Crippen LogP contribution in [-0.4, -0.2) is 55.9 Å². The molecule has 0 spiro atoms. The molecule has 5 rings (SSSR count). The summed E-state index contributed by atoms with van der Waals surface area (Å²) in [7, 11) is -4.09. The highest BCUT2D eigenvalue weighted by Gasteiger charge is 2.40. The molecular weight excluding hydrogens is 561 g/mol. The number of anilines is 1. The Labute approximate surface area is 228 Å². The molecule has 0 saturated carbocycles. The van der Waals surface area contributed by atoms with Gasteiger partial charge in [-0.15, -0.1) is 0 Å². The largest absolute Gasteiger partial charge is 0.448 e. The highest BCUT2D eigenvalue weighted by Crippen LogP contribution is 2.35. The van der Waals surface area contributed by atoms with E-state index < -0.39 is 22.2 Å². The number of nitrogens with zero attached hydrogens (tertiary/aromatic N) is 3. The van der Waals surface area contributed by atoms with Crippen LogP contribution in [0.1, 0.15) is 21.6 Å². The van der Waals surface area contributed by atoms with E-state index >= 15 is 0 Å². The number of ether oxygens (including phenoxy) is 1. The van der Waals surface area contributed by atoms with E-state index in [1.54, 1.807) is 36.4 Å². The second-order valence-corrected chi connectivity index (χ2v) is 11.8. The standard InChI is InChI=1S/C25H20Cl3N3O5S/c26-16-3-1-4-18(11-16)37(34,35)31-14-17(30-7-8-36-25(30)33)12-21-22(31)9-15(13-29-21)10-23(32)24-19(27)5-2-6-20(24)28/h1-6,9,11,13,17H,7-8,10,12,14H2/t17-/m1/s1. The minimum Gasteiger partial charge on any atom is -0.448 e. The summed E-state index contributed by atoms with van der Waals surface area (Å²) >= 11 is 18.5. The van der Waals surface area contributed by atoms with Gasteiger partial charge in [0.1, 0.15) is 6.61 Å². The van der Waals surface area contributed by atoms with Crippen molar-refractivity contribution in [2.75, 3.05) is 24.0 Å². The molecule has 1 saturated heterocycles. The minimum absolute atomic E-state index is 0.0000675. The minimum atomic E-state index is -4.09. The molecule has 192 valence electrons. The second-order valence-electron chi connectivity index (χ2n) is 8.67. The number of amides is 1. The average molecular weight is 581 g/mol. The molecule has 0 radical (unpaired) electrons. The van der Waals surface area contributed by atoms with Crippen LogP contribution in [0, 0.1) is 0 Å². The Morgan fingerprint density at radius 3 is 2.49 bits per heavy atom. The van der Waals surface area contributed by atoms with Crippen LogP contribution >= 0.6 is 34.8 Å². The van der Waals surface area contributed by atoms with Crippen LogP contribution in [-0.2, 0) is 27.6 Å². The number of carbonyl (C=O) groups is 2. The van der Waals surface area contributed by atoms with Crippen LogP contribution < -0.4 is 4.31 Å². The van der Waals surface area contributed by atoms with Gasteiger partial charge in [0, 0.05) is 24.1 Å². The van der Waals surface area contributed by atoms with E-state index in [4.69, 9.17) is 39.5 Å². The zero-order valence-electron chi connectivity index (χ0n) is 19.2. The number of benzene rings is 2. The molecule has 0 N–H and O–H groups in total. The van der Waals surface area contributed by atoms with Crippen LogP contribution in [0.4, 0.5) is 10.5 Å². The third kappa shape index (κ3) is 5.01. The highest BCUT2D eigenvalue weighted by atomic mass is 35.5. The first-order valence-corrected chi connectivity index (χ1v) is 13.9. The van der Waals surface area contributed by atoms with Crippen molar-refractivity contribution >= 4 is 62.4 Å². The first-order chi connectivity index (χ1) is 17.6. The summed E-state index contributed by atoms with van der Waals surface area (Å²) < 4.78 is 33.9. The molecular formula is C25H20Cl3N3O5S. The van der Waals surface area contributed by atoms with Gasteiger partial charge in [0.05, 0.1) is 51.0 Å². The van der Waals surface area contributed by atoms with Gasteiger partial charge in [0.2, 0.25) is 0 Å². The van der Waals surface area contributed by atoms with Gasteiger partial charge in [-0.1, -0.05) is 46.9 Å². The van der Waals surface area contributed by atoms with Crippen molar-refractivity contribution in [2.45, 2.75) is 23.8 Å². The molecule has 37 heavy (non-hydrogen) atoms. The molecule has 0 bridgehead atoms. The normalized spacial score (nSPS) is 17.5. The van der Waals surface area contributed by atoms with Gasteiger partial charge < -0.3 is 4.74 Å². The predicted molar refractivity (Wildman–Crippen MR) is 140 cm³/mol. The van der Waals surface area contributed by atoms with Gasteiger partial charge in [-0.05, 0) is 42.0 Å². The Bertz CT molecular complexity index is 1490. The average Bonchev–Trinajstić information content (AvgIpc) is 3.29. The maximum atomic E-state index is 13.8. The molecule has 2 aliphatic heterocycles. The van der Waals surface area contributed by atoms with Crippen molar-refractivity contribution in [1.82, 2.24) is 9.88 Å². The van der Waals surface area contributed by atoms with Crippen LogP contribution in [0.5, 0.6) is 0 Å². The highest BCUT2D eigenvalue weighted by molar-refractivity contribution is 7.92. The Morgan fingerprint density at radius 1 is 1.08 bits per heavy atom. The van der Waals surface area contributed by atoms with Crippen molar-refractivity contribution in [3.63, 3.8) is 0 Å². The Hall–Kier alpha value is -2.85. The molecule has 0 unspecified atom stereocenters. The van der Waals surface area contributed by atoms with E-state index in [0.29, 0.717) is 29.9 Å². The lowest BCUT2D eigenvalue weighted by atomic mass is 9.99. The fourth-order valence-electron chi connectivity index (χ4n) is 4.54. The van der Waals surface area contributed by atoms with Crippen molar-refractivity contribution < 1.29 is 22.7 Å². The molecule has 2 aromatic carbocycles. The number of aromatic nitrogens is 1. The maximum absolute atomic E-state index is 13.8. The third-order valence-electron chi connectivity index (χ3n) is 6.30. The number of hydrogen-bond acceptors (Lipinski definition) is 6. The van der Waals surface area contributed by atoms with Crippen LogP contribution in [0.3, 0.4) is 0 Å². The zero-order valence-corrected chi connectivity index (χ0v) is 22.3. The molecule has 1 atom stereocenters. The summed E-state index contributed by atoms with van der Waals surface area (Å²) in [4.78, 5) is 31.3. The molecule has 3 aromatic rings. The number of halogens is 3. The van der Waals surface area contributed by atoms with Gasteiger partial charge in [-0.3, -0.25) is 19.0 Å². The monoisotopic (exact) mass is 579 g/mol. The molecule has 1 fully saturated rings. The topological polar surface area (TPSA) is 96.9 Å². The summed E-state index contributed by atoms with van der Waals surface area (Å²) in [6.45, 7) is 0.587. The number of sulfonamides is 1. The second kappa shape index (κ2) is 10.1. The molecule has 12 heteroatoms. The number of Topliss-reactive ketones (excluding diaryl/α,β-unsaturated/α-hetero) is 1. The summed E-state index contributed by atoms with van der Waals surface area (Å²) in [5, 5.41) is 0.731. The van der Waals surface area contributed by atoms with Gasteiger partial charge in [-0.25, -0.2) is 13.2 Å². The number of hydrogen-bond donors (Lipinski definition) is 0. The smallest absolute Gasteiger partial charge is 0.410 e. The lowest BCUT2D eigenvalue weighted by Gasteiger charge is -2.37. The first kappa shape index (κ1) is 25.8. The maximum Gasteiger partial charge on any atom is 0.410 e. The quantitative estimate of drug-likeness (QED) is 0.379. The van der Waals surface area contributed by atoms with E-state index in [9.17, 15) is 18.0 Å². The van der Waals surface area contributed by atoms with Crippen LogP contribution in [0.15, 0.2) is 59.6 Å². The van der Waals surface area contributed by atoms with Crippen molar-refractivity contribution in [2.24, 2.45) is 0 Å². The summed E-state index contributed by atoms with van der Waals surface area (Å²) in [5.74, 6) is -0.324. The SMILES string of the molecule is O=C(Cc1cnc2c(c1)N(S(=O)(=O)c1cccc(Cl)c1)C[C@H](N1CCOC1=O)C2)c1c(Cl)cccc1Cl. The fourth-order valence-corrected chi connectivity index (χ4v) is 6.97. The summed E-state index contributed by atoms with van der Waals surface area (Å²) in [5.41, 5.74) is 1.50. The van der Waals surface area contributed by atoms with Crippen LogP contribution in [0.2, 0.25) is 15.1 Å². The van der Waals surface area contributed by atoms with E-state index in [1.165, 1.54) is 27.5 Å². The van der Waals surface area contributed by atoms with Gasteiger partial charge in [0.25, 0.3) is 10.0 Å². The first-order valence-electron chi connectivity index (χ1n) is 11.3. The predicted octanol–water partition coefficient (Wildman–Crippen LogP) is 5.04. The number of pyridine rings is 1. The number of carbonyl (C=O) groups excluding carboxylic acids is 2. The van der Waals surface area contributed by atoms with Crippen molar-refractivity contribution in [3.05, 3.63) is 86.6 Å². The lowest BCUT2D eigenvalue weighted by molar-refractivity contribution is 0.0993. The van der Waals surface area contributed by atoms with Crippen molar-refractivity contribution in [3.8, 4) is 0 Å². The van der Waals surface area contributed by atoms with E-state index in [2.05, 4.69) is 4.98 Å². The molecule has 8 nitrogen and oxygen atoms in total. The number of rotatable bonds is 6. The van der Waals surface area contributed by atoms with Gasteiger partial charge in [0.15, 0.2) is 5.78 Å². The van der Waals surface area contributed by atoms with E-state index in [1.807, 2.05) is 0 Å². The van der Waals surface area contributed by atoms with Crippen molar-refractivity contribution in [1.29, 1.82) is 0 Å². The Morgan fingerprint density at radius 2 is 1.81 bits per heavy atom. The zero-order chi connectivity index (χ0) is 26.3.